The van der Waals surface area contributed by atoms with Gasteiger partial charge in [-0.3, -0.25) is 4.79 Å². The molecule has 4 rings (SSSR count). The quantitative estimate of drug-likeness (QED) is 0.641. The Morgan fingerprint density at radius 1 is 1.24 bits per heavy atom. The lowest BCUT2D eigenvalue weighted by Crippen LogP contribution is -2.36. The van der Waals surface area contributed by atoms with Gasteiger partial charge in [-0.1, -0.05) is 0 Å². The van der Waals surface area contributed by atoms with Crippen molar-refractivity contribution in [1.29, 1.82) is 0 Å². The lowest BCUT2D eigenvalue weighted by atomic mass is 9.90. The van der Waals surface area contributed by atoms with Crippen molar-refractivity contribution in [3.05, 3.63) is 16.8 Å². The van der Waals surface area contributed by atoms with Crippen molar-refractivity contribution in [2.45, 2.75) is 62.9 Å². The predicted octanol–water partition coefficient (Wildman–Crippen LogP) is 2.50. The van der Waals surface area contributed by atoms with Crippen LogP contribution in [0.4, 0.5) is 5.82 Å². The Labute approximate surface area is 175 Å². The summed E-state index contributed by atoms with van der Waals surface area (Å²) in [6.45, 7) is 0.287. The Morgan fingerprint density at radius 2 is 2.03 bits per heavy atom. The van der Waals surface area contributed by atoms with Gasteiger partial charge in [0, 0.05) is 29.9 Å². The van der Waals surface area contributed by atoms with Gasteiger partial charge < -0.3 is 20.6 Å². The highest BCUT2D eigenvalue weighted by molar-refractivity contribution is 7.19. The van der Waals surface area contributed by atoms with Crippen LogP contribution >= 0.6 is 11.3 Å². The molecule has 2 aliphatic carbocycles. The van der Waals surface area contributed by atoms with E-state index in [4.69, 9.17) is 5.11 Å². The molecule has 2 aromatic rings. The molecule has 1 atom stereocenters. The molecule has 2 aromatic heterocycles. The van der Waals surface area contributed by atoms with Crippen LogP contribution in [0.25, 0.3) is 10.2 Å². The minimum absolute atomic E-state index is 0.00427. The van der Waals surface area contributed by atoms with Gasteiger partial charge >= 0.3 is 0 Å². The molecule has 7 nitrogen and oxygen atoms in total. The third-order valence-corrected chi connectivity index (χ3v) is 7.54. The van der Waals surface area contributed by atoms with Crippen LogP contribution in [0, 0.1) is 0 Å². The molecule has 1 fully saturated rings. The molecule has 1 saturated carbocycles. The zero-order valence-corrected chi connectivity index (χ0v) is 18.1. The third-order valence-electron chi connectivity index (χ3n) is 6.36. The number of nitrogens with zero attached hydrogens (tertiary/aromatic N) is 3. The molecule has 8 heteroatoms. The van der Waals surface area contributed by atoms with E-state index in [1.807, 2.05) is 0 Å². The number of hydrogen-bond acceptors (Lipinski definition) is 7. The lowest BCUT2D eigenvalue weighted by Gasteiger charge is -2.33. The molecule has 0 radical (unpaired) electrons. The Morgan fingerprint density at radius 3 is 2.76 bits per heavy atom. The second kappa shape index (κ2) is 8.93. The molecule has 0 saturated heterocycles. The van der Waals surface area contributed by atoms with E-state index in [0.717, 1.165) is 41.7 Å². The van der Waals surface area contributed by atoms with E-state index in [1.165, 1.54) is 23.3 Å². The number of rotatable bonds is 7. The molecule has 1 amide bonds. The zero-order chi connectivity index (χ0) is 20.4. The van der Waals surface area contributed by atoms with Crippen LogP contribution in [0.2, 0.25) is 0 Å². The summed E-state index contributed by atoms with van der Waals surface area (Å²) in [7, 11) is 4.33. The van der Waals surface area contributed by atoms with Crippen LogP contribution in [0.15, 0.2) is 6.33 Å². The van der Waals surface area contributed by atoms with E-state index in [-0.39, 0.29) is 18.4 Å². The van der Waals surface area contributed by atoms with Gasteiger partial charge in [0.1, 0.15) is 17.0 Å². The highest BCUT2D eigenvalue weighted by Gasteiger charge is 2.32. The number of aliphatic hydroxyl groups excluding tert-OH is 1. The first-order valence-corrected chi connectivity index (χ1v) is 11.4. The number of carbonyl (C=O) groups excluding carboxylic acids is 1. The van der Waals surface area contributed by atoms with Crippen molar-refractivity contribution in [3.63, 3.8) is 0 Å². The van der Waals surface area contributed by atoms with Crippen LogP contribution < -0.4 is 10.6 Å². The smallest absolute Gasteiger partial charge is 0.220 e. The molecule has 0 spiro atoms. The number of anilines is 1. The Bertz CT molecular complexity index is 860. The van der Waals surface area contributed by atoms with Gasteiger partial charge in [-0.05, 0) is 64.1 Å². The first-order chi connectivity index (χ1) is 14.1. The number of aliphatic hydroxyl groups is 1. The lowest BCUT2D eigenvalue weighted by molar-refractivity contribution is -0.121. The van der Waals surface area contributed by atoms with Crippen molar-refractivity contribution >= 4 is 33.3 Å². The Hall–Kier alpha value is -1.77. The number of hydrogen-bond donors (Lipinski definition) is 3. The van der Waals surface area contributed by atoms with E-state index in [0.29, 0.717) is 25.0 Å². The van der Waals surface area contributed by atoms with Gasteiger partial charge in [0.2, 0.25) is 5.91 Å². The highest BCUT2D eigenvalue weighted by atomic mass is 32.1. The number of amides is 1. The van der Waals surface area contributed by atoms with Gasteiger partial charge in [-0.2, -0.15) is 0 Å². The molecule has 158 valence electrons. The molecule has 3 N–H and O–H groups in total. The van der Waals surface area contributed by atoms with Crippen molar-refractivity contribution in [3.8, 4) is 0 Å². The summed E-state index contributed by atoms with van der Waals surface area (Å²) in [6, 6.07) is 1.11. The Kier molecular flexibility index (Phi) is 6.32. The zero-order valence-electron chi connectivity index (χ0n) is 17.3. The predicted molar refractivity (Wildman–Crippen MR) is 117 cm³/mol. The average molecular weight is 418 g/mol. The summed E-state index contributed by atoms with van der Waals surface area (Å²) in [5.74, 6) is 1.14. The average Bonchev–Trinajstić information content (AvgIpc) is 3.27. The largest absolute Gasteiger partial charge is 0.395 e. The molecular formula is C21H31N5O2S. The second-order valence-electron chi connectivity index (χ2n) is 8.47. The van der Waals surface area contributed by atoms with Crippen LogP contribution in [-0.4, -0.2) is 65.2 Å². The monoisotopic (exact) mass is 417 g/mol. The van der Waals surface area contributed by atoms with Crippen LogP contribution in [0.3, 0.4) is 0 Å². The topological polar surface area (TPSA) is 90.4 Å². The number of carbonyl (C=O) groups is 1. The summed E-state index contributed by atoms with van der Waals surface area (Å²) >= 11 is 1.75. The Balaban J connectivity index is 1.53. The molecule has 2 aliphatic rings. The maximum Gasteiger partial charge on any atom is 0.220 e. The first kappa shape index (κ1) is 20.5. The summed E-state index contributed by atoms with van der Waals surface area (Å²) in [4.78, 5) is 26.1. The maximum atomic E-state index is 12.2. The molecule has 0 aromatic carbocycles. The normalized spacial score (nSPS) is 24.1. The number of aryl methyl sites for hydroxylation is 1. The first-order valence-electron chi connectivity index (χ1n) is 10.6. The fraction of sp³-hybridized carbons (Fsp3) is 0.667. The number of aromatic nitrogens is 2. The summed E-state index contributed by atoms with van der Waals surface area (Å²) in [5.41, 5.74) is 1.27. The highest BCUT2D eigenvalue weighted by Crippen LogP contribution is 2.46. The van der Waals surface area contributed by atoms with Crippen molar-refractivity contribution in [1.82, 2.24) is 20.2 Å². The van der Waals surface area contributed by atoms with Gasteiger partial charge in [-0.25, -0.2) is 9.97 Å². The van der Waals surface area contributed by atoms with E-state index in [1.54, 1.807) is 17.7 Å². The molecule has 29 heavy (non-hydrogen) atoms. The number of thiophene rings is 1. The van der Waals surface area contributed by atoms with Gasteiger partial charge in [-0.15, -0.1) is 11.3 Å². The van der Waals surface area contributed by atoms with E-state index >= 15 is 0 Å². The molecule has 2 heterocycles. The van der Waals surface area contributed by atoms with Crippen molar-refractivity contribution in [2.75, 3.05) is 32.6 Å². The number of nitrogens with one attached hydrogen (secondary N) is 2. The van der Waals surface area contributed by atoms with Crippen LogP contribution in [-0.2, 0) is 11.2 Å². The minimum Gasteiger partial charge on any atom is -0.395 e. The van der Waals surface area contributed by atoms with E-state index < -0.39 is 0 Å². The molecule has 1 unspecified atom stereocenters. The maximum absolute atomic E-state index is 12.2. The van der Waals surface area contributed by atoms with E-state index in [9.17, 15) is 4.79 Å². The van der Waals surface area contributed by atoms with Crippen molar-refractivity contribution in [2.24, 2.45) is 0 Å². The van der Waals surface area contributed by atoms with Gasteiger partial charge in [0.25, 0.3) is 0 Å². The van der Waals surface area contributed by atoms with E-state index in [2.05, 4.69) is 39.6 Å². The standard InChI is InChI=1S/C21H31N5O2S/c1-26(2)15-6-4-14(5-7-15)25-20-19-18-13(11-17(28)22-9-10-27)3-8-16(18)29-21(19)24-12-23-20/h12-15,27H,3-11H2,1-2H3,(H,22,28)(H,23,24,25)/t13?,14-,15-. The fourth-order valence-corrected chi connectivity index (χ4v) is 6.04. The molecular weight excluding hydrogens is 386 g/mol. The SMILES string of the molecule is CN(C)[C@H]1CC[C@H](Nc2ncnc3sc4c(c23)C(CC(=O)NCCO)CC4)CC1. The summed E-state index contributed by atoms with van der Waals surface area (Å²) in [5, 5.41) is 16.6. The van der Waals surface area contributed by atoms with Gasteiger partial charge in [0.05, 0.1) is 12.0 Å². The summed E-state index contributed by atoms with van der Waals surface area (Å²) in [6.07, 6.45) is 8.81. The van der Waals surface area contributed by atoms with Crippen LogP contribution in [0.1, 0.15) is 54.9 Å². The molecule has 0 bridgehead atoms. The summed E-state index contributed by atoms with van der Waals surface area (Å²) < 4.78 is 0. The van der Waals surface area contributed by atoms with Crippen molar-refractivity contribution < 1.29 is 9.90 Å². The third kappa shape index (κ3) is 4.39. The molecule has 0 aliphatic heterocycles. The van der Waals surface area contributed by atoms with Gasteiger partial charge in [0.15, 0.2) is 0 Å². The number of fused-ring (bicyclic) bond motifs is 3. The van der Waals surface area contributed by atoms with Crippen LogP contribution in [0.5, 0.6) is 0 Å². The fourth-order valence-electron chi connectivity index (χ4n) is 4.80. The minimum atomic E-state index is -0.0268. The second-order valence-corrected chi connectivity index (χ2v) is 9.55.